The summed E-state index contributed by atoms with van der Waals surface area (Å²) in [7, 11) is 0. The summed E-state index contributed by atoms with van der Waals surface area (Å²) in [6, 6.07) is 20.9. The molecule has 0 atom stereocenters. The highest BCUT2D eigenvalue weighted by Crippen LogP contribution is 2.11. The maximum Gasteiger partial charge on any atom is -0.0257 e. The number of hydrogen-bond acceptors (Lipinski definition) is 0. The Labute approximate surface area is 142 Å². The lowest BCUT2D eigenvalue weighted by atomic mass is 10.1. The van der Waals surface area contributed by atoms with Gasteiger partial charge < -0.3 is 0 Å². The Hall–Kier alpha value is -2.08. The molecule has 0 aliphatic heterocycles. The standard InChI is InChI=1S/C12H16.C11H14/c1-3-11(4-2)10-12-8-6-5-7-9-12;1-10(2)8-9-11-6-4-3-5-7-11/h5-10H,3-4H2,1-2H3;3-10H,1-2H3. The molecule has 0 unspecified atom stereocenters. The van der Waals surface area contributed by atoms with Gasteiger partial charge in [0.05, 0.1) is 0 Å². The Morgan fingerprint density at radius 2 is 1.26 bits per heavy atom. The molecule has 0 amide bonds. The quantitative estimate of drug-likeness (QED) is 0.546. The van der Waals surface area contributed by atoms with Crippen molar-refractivity contribution in [2.24, 2.45) is 5.92 Å². The van der Waals surface area contributed by atoms with E-state index < -0.39 is 0 Å². The van der Waals surface area contributed by atoms with Crippen molar-refractivity contribution in [3.05, 3.63) is 83.4 Å². The van der Waals surface area contributed by atoms with E-state index in [2.05, 4.69) is 101 Å². The van der Waals surface area contributed by atoms with Crippen molar-refractivity contribution in [2.75, 3.05) is 0 Å². The molecule has 0 aliphatic carbocycles. The number of benzene rings is 2. The molecular weight excluding hydrogens is 276 g/mol. The largest absolute Gasteiger partial charge is 0.0814 e. The van der Waals surface area contributed by atoms with Gasteiger partial charge in [-0.05, 0) is 29.9 Å². The molecule has 0 heterocycles. The van der Waals surface area contributed by atoms with E-state index in [1.54, 1.807) is 0 Å². The van der Waals surface area contributed by atoms with Crippen LogP contribution in [-0.2, 0) is 0 Å². The zero-order chi connectivity index (χ0) is 16.9. The van der Waals surface area contributed by atoms with Crippen molar-refractivity contribution >= 4 is 12.2 Å². The molecule has 23 heavy (non-hydrogen) atoms. The summed E-state index contributed by atoms with van der Waals surface area (Å²) in [6.07, 6.45) is 8.96. The van der Waals surface area contributed by atoms with Crippen LogP contribution in [0, 0.1) is 5.92 Å². The molecule has 0 saturated heterocycles. The van der Waals surface area contributed by atoms with E-state index in [0.717, 1.165) is 12.8 Å². The molecule has 0 bridgehead atoms. The molecule has 0 spiro atoms. The van der Waals surface area contributed by atoms with Crippen LogP contribution in [0.15, 0.2) is 72.3 Å². The first kappa shape index (κ1) is 19.0. The third-order valence-corrected chi connectivity index (χ3v) is 3.55. The van der Waals surface area contributed by atoms with Crippen LogP contribution in [0.4, 0.5) is 0 Å². The van der Waals surface area contributed by atoms with Crippen LogP contribution in [0.5, 0.6) is 0 Å². The average Bonchev–Trinajstić information content (AvgIpc) is 2.60. The Morgan fingerprint density at radius 1 is 0.783 bits per heavy atom. The van der Waals surface area contributed by atoms with Gasteiger partial charge in [0, 0.05) is 0 Å². The van der Waals surface area contributed by atoms with Gasteiger partial charge in [0.25, 0.3) is 0 Å². The first-order valence-corrected chi connectivity index (χ1v) is 8.63. The van der Waals surface area contributed by atoms with E-state index in [4.69, 9.17) is 0 Å². The molecule has 0 nitrogen and oxygen atoms in total. The Morgan fingerprint density at radius 3 is 1.70 bits per heavy atom. The Bertz CT molecular complexity index is 568. The van der Waals surface area contributed by atoms with Crippen molar-refractivity contribution in [3.63, 3.8) is 0 Å². The normalized spacial score (nSPS) is 10.3. The fraction of sp³-hybridized carbons (Fsp3) is 0.304. The first-order valence-electron chi connectivity index (χ1n) is 8.63. The molecule has 122 valence electrons. The lowest BCUT2D eigenvalue weighted by molar-refractivity contribution is 0.836. The molecule has 0 N–H and O–H groups in total. The number of hydrogen-bond donors (Lipinski definition) is 0. The summed E-state index contributed by atoms with van der Waals surface area (Å²) in [5.74, 6) is 0.634. The van der Waals surface area contributed by atoms with Crippen LogP contribution >= 0.6 is 0 Å². The van der Waals surface area contributed by atoms with E-state index in [9.17, 15) is 0 Å². The lowest BCUT2D eigenvalue weighted by Crippen LogP contribution is -1.77. The van der Waals surface area contributed by atoms with Gasteiger partial charge in [0.2, 0.25) is 0 Å². The van der Waals surface area contributed by atoms with Crippen molar-refractivity contribution in [1.82, 2.24) is 0 Å². The molecule has 0 heteroatoms. The average molecular weight is 306 g/mol. The SMILES string of the molecule is CC(C)C=Cc1ccccc1.CCC(=Cc1ccccc1)CC. The van der Waals surface area contributed by atoms with Crippen LogP contribution in [0.2, 0.25) is 0 Å². The summed E-state index contributed by atoms with van der Waals surface area (Å²) in [5.41, 5.74) is 4.11. The van der Waals surface area contributed by atoms with Crippen LogP contribution < -0.4 is 0 Å². The van der Waals surface area contributed by atoms with Gasteiger partial charge in [-0.2, -0.15) is 0 Å². The predicted octanol–water partition coefficient (Wildman–Crippen LogP) is 7.25. The highest BCUT2D eigenvalue weighted by Gasteiger charge is 1.90. The highest BCUT2D eigenvalue weighted by molar-refractivity contribution is 5.52. The molecule has 0 saturated carbocycles. The summed E-state index contributed by atoms with van der Waals surface area (Å²) >= 11 is 0. The van der Waals surface area contributed by atoms with Crippen LogP contribution in [-0.4, -0.2) is 0 Å². The zero-order valence-electron chi connectivity index (χ0n) is 15.0. The molecule has 2 aromatic rings. The van der Waals surface area contributed by atoms with Gasteiger partial charge in [-0.25, -0.2) is 0 Å². The van der Waals surface area contributed by atoms with Crippen molar-refractivity contribution in [1.29, 1.82) is 0 Å². The second-order valence-corrected chi connectivity index (χ2v) is 5.93. The molecule has 2 aromatic carbocycles. The maximum absolute atomic E-state index is 2.28. The van der Waals surface area contributed by atoms with Gasteiger partial charge in [-0.15, -0.1) is 0 Å². The number of allylic oxidation sites excluding steroid dienone is 2. The minimum Gasteiger partial charge on any atom is -0.0814 e. The van der Waals surface area contributed by atoms with Crippen LogP contribution in [0.25, 0.3) is 12.2 Å². The Balaban J connectivity index is 0.000000231. The fourth-order valence-electron chi connectivity index (χ4n) is 2.11. The van der Waals surface area contributed by atoms with Crippen molar-refractivity contribution < 1.29 is 0 Å². The molecule has 2 rings (SSSR count). The second kappa shape index (κ2) is 11.5. The summed E-state index contributed by atoms with van der Waals surface area (Å²) in [6.45, 7) is 8.77. The summed E-state index contributed by atoms with van der Waals surface area (Å²) in [4.78, 5) is 0. The van der Waals surface area contributed by atoms with E-state index in [1.807, 2.05) is 6.07 Å². The smallest absolute Gasteiger partial charge is 0.0257 e. The molecule has 0 aliphatic rings. The lowest BCUT2D eigenvalue weighted by Gasteiger charge is -1.99. The monoisotopic (exact) mass is 306 g/mol. The first-order chi connectivity index (χ1) is 11.2. The topological polar surface area (TPSA) is 0 Å². The summed E-state index contributed by atoms with van der Waals surface area (Å²) in [5, 5.41) is 0. The van der Waals surface area contributed by atoms with Gasteiger partial charge in [-0.1, -0.05) is 112 Å². The van der Waals surface area contributed by atoms with Gasteiger partial charge in [0.15, 0.2) is 0 Å². The third-order valence-electron chi connectivity index (χ3n) is 3.55. The van der Waals surface area contributed by atoms with Gasteiger partial charge >= 0.3 is 0 Å². The zero-order valence-corrected chi connectivity index (χ0v) is 15.0. The Kier molecular flexibility index (Phi) is 9.47. The van der Waals surface area contributed by atoms with Gasteiger partial charge in [0.1, 0.15) is 0 Å². The van der Waals surface area contributed by atoms with Crippen LogP contribution in [0.1, 0.15) is 51.7 Å². The molecule has 0 fully saturated rings. The molecular formula is C23H30. The van der Waals surface area contributed by atoms with Gasteiger partial charge in [-0.3, -0.25) is 0 Å². The predicted molar refractivity (Wildman–Crippen MR) is 105 cm³/mol. The van der Waals surface area contributed by atoms with E-state index in [-0.39, 0.29) is 0 Å². The van der Waals surface area contributed by atoms with E-state index in [0.29, 0.717) is 5.92 Å². The number of rotatable bonds is 5. The third kappa shape index (κ3) is 8.83. The fourth-order valence-corrected chi connectivity index (χ4v) is 2.11. The minimum atomic E-state index is 0.634. The molecule has 0 aromatic heterocycles. The van der Waals surface area contributed by atoms with Crippen LogP contribution in [0.3, 0.4) is 0 Å². The van der Waals surface area contributed by atoms with Crippen molar-refractivity contribution in [2.45, 2.75) is 40.5 Å². The minimum absolute atomic E-state index is 0.634. The van der Waals surface area contributed by atoms with Crippen molar-refractivity contribution in [3.8, 4) is 0 Å². The van der Waals surface area contributed by atoms with E-state index in [1.165, 1.54) is 16.7 Å². The highest BCUT2D eigenvalue weighted by atomic mass is 14.0. The summed E-state index contributed by atoms with van der Waals surface area (Å²) < 4.78 is 0. The maximum atomic E-state index is 2.28. The van der Waals surface area contributed by atoms with E-state index >= 15 is 0 Å². The second-order valence-electron chi connectivity index (χ2n) is 5.93. The molecule has 0 radical (unpaired) electrons.